The summed E-state index contributed by atoms with van der Waals surface area (Å²) in [6.45, 7) is 0.394. The monoisotopic (exact) mass is 343 g/mol. The van der Waals surface area contributed by atoms with Gasteiger partial charge >= 0.3 is 0 Å². The van der Waals surface area contributed by atoms with E-state index in [-0.39, 0.29) is 12.3 Å². The maximum atomic E-state index is 12.1. The van der Waals surface area contributed by atoms with Gasteiger partial charge in [-0.2, -0.15) is 5.26 Å². The van der Waals surface area contributed by atoms with Crippen molar-refractivity contribution < 1.29 is 4.79 Å². The summed E-state index contributed by atoms with van der Waals surface area (Å²) in [7, 11) is 0. The molecule has 0 aliphatic rings. The third kappa shape index (κ3) is 3.91. The molecule has 106 valence electrons. The van der Waals surface area contributed by atoms with Gasteiger partial charge in [-0.25, -0.2) is 0 Å². The largest absolute Gasteiger partial charge is 0.326 e. The Morgan fingerprint density at radius 2 is 1.95 bits per heavy atom. The van der Waals surface area contributed by atoms with Gasteiger partial charge in [-0.15, -0.1) is 0 Å². The molecule has 0 saturated carbocycles. The van der Waals surface area contributed by atoms with E-state index in [9.17, 15) is 4.79 Å². The van der Waals surface area contributed by atoms with E-state index in [1.165, 1.54) is 0 Å². The Balaban J connectivity index is 2.14. The Bertz CT molecular complexity index is 707. The second-order valence-corrected chi connectivity index (χ2v) is 5.42. The lowest BCUT2D eigenvalue weighted by Crippen LogP contribution is -2.16. The predicted molar refractivity (Wildman–Crippen MR) is 85.5 cm³/mol. The van der Waals surface area contributed by atoms with E-state index in [4.69, 9.17) is 11.0 Å². The van der Waals surface area contributed by atoms with E-state index in [1.807, 2.05) is 24.3 Å². The third-order valence-electron chi connectivity index (χ3n) is 3.07. The average Bonchev–Trinajstić information content (AvgIpc) is 2.49. The molecule has 2 aromatic rings. The van der Waals surface area contributed by atoms with Crippen molar-refractivity contribution in [2.75, 3.05) is 5.32 Å². The number of nitrogens with two attached hydrogens (primary N) is 1. The maximum absolute atomic E-state index is 12.1. The minimum Gasteiger partial charge on any atom is -0.326 e. The number of amides is 1. The third-order valence-corrected chi connectivity index (χ3v) is 3.56. The van der Waals surface area contributed by atoms with Crippen molar-refractivity contribution in [3.63, 3.8) is 0 Å². The van der Waals surface area contributed by atoms with E-state index < -0.39 is 0 Å². The fourth-order valence-electron chi connectivity index (χ4n) is 2.01. The van der Waals surface area contributed by atoms with Gasteiger partial charge in [-0.3, -0.25) is 4.79 Å². The SMILES string of the molecule is N#Cc1cc(Br)ccc1NC(=O)Cc1ccccc1CN. The number of hydrogen-bond donors (Lipinski definition) is 2. The van der Waals surface area contributed by atoms with Crippen LogP contribution in [0, 0.1) is 11.3 Å². The van der Waals surface area contributed by atoms with Crippen LogP contribution in [0.5, 0.6) is 0 Å². The van der Waals surface area contributed by atoms with E-state index in [2.05, 4.69) is 27.3 Å². The molecule has 0 aliphatic heterocycles. The van der Waals surface area contributed by atoms with Crippen LogP contribution in [-0.4, -0.2) is 5.91 Å². The Labute approximate surface area is 131 Å². The number of rotatable bonds is 4. The van der Waals surface area contributed by atoms with Crippen LogP contribution in [0.15, 0.2) is 46.9 Å². The van der Waals surface area contributed by atoms with Crippen molar-refractivity contribution in [2.45, 2.75) is 13.0 Å². The lowest BCUT2D eigenvalue weighted by atomic mass is 10.0. The molecule has 0 unspecified atom stereocenters. The van der Waals surface area contributed by atoms with Crippen molar-refractivity contribution in [3.05, 3.63) is 63.6 Å². The van der Waals surface area contributed by atoms with Gasteiger partial charge in [-0.1, -0.05) is 40.2 Å². The van der Waals surface area contributed by atoms with Crippen LogP contribution in [0.4, 0.5) is 5.69 Å². The van der Waals surface area contributed by atoms with Gasteiger partial charge < -0.3 is 11.1 Å². The van der Waals surface area contributed by atoms with Gasteiger partial charge in [-0.05, 0) is 29.3 Å². The number of nitrogens with one attached hydrogen (secondary N) is 1. The van der Waals surface area contributed by atoms with E-state index in [0.717, 1.165) is 15.6 Å². The molecule has 0 saturated heterocycles. The Morgan fingerprint density at radius 3 is 2.62 bits per heavy atom. The van der Waals surface area contributed by atoms with Crippen molar-refractivity contribution in [1.29, 1.82) is 5.26 Å². The number of benzene rings is 2. The number of hydrogen-bond acceptors (Lipinski definition) is 3. The van der Waals surface area contributed by atoms with Crippen LogP contribution in [-0.2, 0) is 17.8 Å². The van der Waals surface area contributed by atoms with Crippen LogP contribution >= 0.6 is 15.9 Å². The Morgan fingerprint density at radius 1 is 1.24 bits per heavy atom. The molecule has 0 heterocycles. The van der Waals surface area contributed by atoms with Crippen LogP contribution in [0.2, 0.25) is 0 Å². The first-order valence-electron chi connectivity index (χ1n) is 6.40. The van der Waals surface area contributed by atoms with Crippen molar-refractivity contribution in [2.24, 2.45) is 5.73 Å². The highest BCUT2D eigenvalue weighted by atomic mass is 79.9. The second kappa shape index (κ2) is 7.02. The first kappa shape index (κ1) is 15.2. The summed E-state index contributed by atoms with van der Waals surface area (Å²) in [6, 6.07) is 14.8. The highest BCUT2D eigenvalue weighted by Crippen LogP contribution is 2.20. The van der Waals surface area contributed by atoms with Gasteiger partial charge in [0.05, 0.1) is 17.7 Å². The molecule has 2 aromatic carbocycles. The van der Waals surface area contributed by atoms with Crippen LogP contribution in [0.25, 0.3) is 0 Å². The molecule has 21 heavy (non-hydrogen) atoms. The fourth-order valence-corrected chi connectivity index (χ4v) is 2.38. The molecule has 4 nitrogen and oxygen atoms in total. The Hall–Kier alpha value is -2.16. The van der Waals surface area contributed by atoms with Gasteiger partial charge in [0.25, 0.3) is 0 Å². The lowest BCUT2D eigenvalue weighted by molar-refractivity contribution is -0.115. The maximum Gasteiger partial charge on any atom is 0.228 e. The number of nitrogens with zero attached hydrogens (tertiary/aromatic N) is 1. The summed E-state index contributed by atoms with van der Waals surface area (Å²) in [6.07, 6.45) is 0.230. The number of anilines is 1. The molecule has 1 amide bonds. The zero-order valence-corrected chi connectivity index (χ0v) is 12.9. The Kier molecular flexibility index (Phi) is 5.09. The summed E-state index contributed by atoms with van der Waals surface area (Å²) in [5.74, 6) is -0.172. The van der Waals surface area contributed by atoms with Crippen LogP contribution in [0.1, 0.15) is 16.7 Å². The van der Waals surface area contributed by atoms with E-state index in [0.29, 0.717) is 17.8 Å². The van der Waals surface area contributed by atoms with E-state index >= 15 is 0 Å². The highest BCUT2D eigenvalue weighted by molar-refractivity contribution is 9.10. The number of halogens is 1. The molecule has 0 aliphatic carbocycles. The molecule has 0 radical (unpaired) electrons. The predicted octanol–water partition coefficient (Wildman–Crippen LogP) is 2.96. The summed E-state index contributed by atoms with van der Waals surface area (Å²) in [5, 5.41) is 11.9. The molecule has 0 fully saturated rings. The topological polar surface area (TPSA) is 78.9 Å². The first-order chi connectivity index (χ1) is 10.1. The standard InChI is InChI=1S/C16H14BrN3O/c17-14-5-6-15(13(7-14)10-19)20-16(21)8-11-3-1-2-4-12(11)9-18/h1-7H,8-9,18H2,(H,20,21). The zero-order chi connectivity index (χ0) is 15.2. The van der Waals surface area contributed by atoms with Gasteiger partial charge in [0.1, 0.15) is 6.07 Å². The molecular weight excluding hydrogens is 330 g/mol. The van der Waals surface area contributed by atoms with Crippen LogP contribution < -0.4 is 11.1 Å². The van der Waals surface area contributed by atoms with E-state index in [1.54, 1.807) is 18.2 Å². The van der Waals surface area contributed by atoms with Crippen molar-refractivity contribution in [3.8, 4) is 6.07 Å². The summed E-state index contributed by atoms with van der Waals surface area (Å²) < 4.78 is 0.797. The summed E-state index contributed by atoms with van der Waals surface area (Å²) in [4.78, 5) is 12.1. The molecule has 5 heteroatoms. The summed E-state index contributed by atoms with van der Waals surface area (Å²) >= 11 is 3.30. The van der Waals surface area contributed by atoms with Gasteiger partial charge in [0, 0.05) is 11.0 Å². The quantitative estimate of drug-likeness (QED) is 0.895. The smallest absolute Gasteiger partial charge is 0.228 e. The minimum atomic E-state index is -0.172. The fraction of sp³-hybridized carbons (Fsp3) is 0.125. The molecule has 0 bridgehead atoms. The molecule has 0 atom stereocenters. The molecular formula is C16H14BrN3O. The van der Waals surface area contributed by atoms with Crippen LogP contribution in [0.3, 0.4) is 0 Å². The normalized spacial score (nSPS) is 9.95. The minimum absolute atomic E-state index is 0.172. The highest BCUT2D eigenvalue weighted by Gasteiger charge is 2.10. The van der Waals surface area contributed by atoms with Gasteiger partial charge in [0.15, 0.2) is 0 Å². The first-order valence-corrected chi connectivity index (χ1v) is 7.19. The van der Waals surface area contributed by atoms with Crippen molar-refractivity contribution >= 4 is 27.5 Å². The number of nitriles is 1. The second-order valence-electron chi connectivity index (χ2n) is 4.50. The number of carbonyl (C=O) groups excluding carboxylic acids is 1. The molecule has 0 spiro atoms. The lowest BCUT2D eigenvalue weighted by Gasteiger charge is -2.10. The average molecular weight is 344 g/mol. The summed E-state index contributed by atoms with van der Waals surface area (Å²) in [5.41, 5.74) is 8.44. The zero-order valence-electron chi connectivity index (χ0n) is 11.3. The molecule has 3 N–H and O–H groups in total. The van der Waals surface area contributed by atoms with Crippen molar-refractivity contribution in [1.82, 2.24) is 0 Å². The molecule has 0 aromatic heterocycles. The van der Waals surface area contributed by atoms with Gasteiger partial charge in [0.2, 0.25) is 5.91 Å². The molecule has 2 rings (SSSR count). The number of carbonyl (C=O) groups is 1.